The number of carbonyl (C=O) groups is 3. The fraction of sp³-hybridized carbons (Fsp3) is 0.435. The van der Waals surface area contributed by atoms with Crippen LogP contribution in [0.25, 0.3) is 5.76 Å². The van der Waals surface area contributed by atoms with Crippen LogP contribution >= 0.6 is 0 Å². The molecule has 174 valence electrons. The molecule has 33 heavy (non-hydrogen) atoms. The Balaban J connectivity index is 1.71. The molecule has 1 heterocycles. The van der Waals surface area contributed by atoms with E-state index in [9.17, 15) is 34.8 Å². The molecule has 10 heteroatoms. The third-order valence-electron chi connectivity index (χ3n) is 7.45. The van der Waals surface area contributed by atoms with Gasteiger partial charge in [0, 0.05) is 37.7 Å². The molecular formula is C23H25N3O7. The van der Waals surface area contributed by atoms with Gasteiger partial charge in [0.1, 0.15) is 22.8 Å². The Hall–Kier alpha value is -3.21. The SMILES string of the molecule is NC(=O)C1=C(O)C2(O)C(=O)C3=C(O)c4c(O)cccc4C[C@H]3CC2[C@@H](N2CCNCC2)C1=O. The molecule has 0 radical (unpaired) electrons. The number of ketones is 2. The molecule has 2 fully saturated rings. The lowest BCUT2D eigenvalue weighted by Crippen LogP contribution is -2.68. The van der Waals surface area contributed by atoms with Crippen LogP contribution in [0.1, 0.15) is 17.5 Å². The number of nitrogens with zero attached hydrogens (tertiary/aromatic N) is 1. The maximum Gasteiger partial charge on any atom is 0.255 e. The Morgan fingerprint density at radius 3 is 2.52 bits per heavy atom. The lowest BCUT2D eigenvalue weighted by Gasteiger charge is -2.51. The first-order valence-corrected chi connectivity index (χ1v) is 10.9. The zero-order valence-corrected chi connectivity index (χ0v) is 17.7. The highest BCUT2D eigenvalue weighted by molar-refractivity contribution is 6.24. The van der Waals surface area contributed by atoms with Crippen LogP contribution in [-0.4, -0.2) is 80.6 Å². The number of phenolic OH excluding ortho intramolecular Hbond substituents is 1. The van der Waals surface area contributed by atoms with Gasteiger partial charge in [-0.2, -0.15) is 0 Å². The Kier molecular flexibility index (Phi) is 4.85. The van der Waals surface area contributed by atoms with Crippen molar-refractivity contribution in [3.8, 4) is 5.75 Å². The molecular weight excluding hydrogens is 430 g/mol. The van der Waals surface area contributed by atoms with E-state index in [0.29, 0.717) is 38.2 Å². The van der Waals surface area contributed by atoms with Gasteiger partial charge >= 0.3 is 0 Å². The fourth-order valence-corrected chi connectivity index (χ4v) is 5.97. The maximum atomic E-state index is 13.7. The smallest absolute Gasteiger partial charge is 0.255 e. The van der Waals surface area contributed by atoms with Gasteiger partial charge in [0.05, 0.1) is 11.6 Å². The summed E-state index contributed by atoms with van der Waals surface area (Å²) in [6.45, 7) is 2.04. The Labute approximate surface area is 189 Å². The molecule has 10 nitrogen and oxygen atoms in total. The van der Waals surface area contributed by atoms with Gasteiger partial charge in [-0.15, -0.1) is 0 Å². The number of fused-ring (bicyclic) bond motifs is 3. The summed E-state index contributed by atoms with van der Waals surface area (Å²) in [5.74, 6) is -6.27. The number of phenols is 1. The van der Waals surface area contributed by atoms with Crippen molar-refractivity contribution in [2.45, 2.75) is 24.5 Å². The van der Waals surface area contributed by atoms with Gasteiger partial charge in [0.2, 0.25) is 5.78 Å². The van der Waals surface area contributed by atoms with Gasteiger partial charge in [-0.25, -0.2) is 0 Å². The summed E-state index contributed by atoms with van der Waals surface area (Å²) in [7, 11) is 0. The molecule has 4 atom stereocenters. The lowest BCUT2D eigenvalue weighted by atomic mass is 9.57. The second kappa shape index (κ2) is 7.41. The van der Waals surface area contributed by atoms with Gasteiger partial charge in [-0.3, -0.25) is 19.3 Å². The standard InChI is InChI=1S/C23H25N3O7/c24-22(32)16-19(29)17(26-6-4-25-5-7-26)12-9-11-8-10-2-1-3-13(27)14(10)18(28)15(11)20(30)23(12,33)21(16)31/h1-3,11-12,17,25,27-28,31,33H,4-9H2,(H2,24,32)/t11-,12?,17+,23?/m0/s1. The average molecular weight is 455 g/mol. The normalized spacial score (nSPS) is 32.3. The summed E-state index contributed by atoms with van der Waals surface area (Å²) in [4.78, 5) is 41.0. The number of primary amides is 1. The van der Waals surface area contributed by atoms with Crippen LogP contribution in [0, 0.1) is 11.8 Å². The molecule has 1 aliphatic heterocycles. The Bertz CT molecular complexity index is 1150. The van der Waals surface area contributed by atoms with Crippen LogP contribution < -0.4 is 11.1 Å². The molecule has 1 aromatic rings. The number of rotatable bonds is 2. The molecule has 0 aromatic heterocycles. The van der Waals surface area contributed by atoms with Crippen LogP contribution in [0.2, 0.25) is 0 Å². The van der Waals surface area contributed by atoms with Crippen LogP contribution in [0.4, 0.5) is 0 Å². The van der Waals surface area contributed by atoms with E-state index in [2.05, 4.69) is 5.32 Å². The number of carbonyl (C=O) groups excluding carboxylic acids is 3. The predicted octanol–water partition coefficient (Wildman–Crippen LogP) is -0.692. The number of nitrogens with two attached hydrogens (primary N) is 1. The quantitative estimate of drug-likeness (QED) is 0.315. The number of amides is 1. The van der Waals surface area contributed by atoms with Crippen molar-refractivity contribution in [2.24, 2.45) is 17.6 Å². The molecule has 0 spiro atoms. The summed E-state index contributed by atoms with van der Waals surface area (Å²) in [5, 5.41) is 46.9. The number of aliphatic hydroxyl groups excluding tert-OH is 2. The summed E-state index contributed by atoms with van der Waals surface area (Å²) < 4.78 is 0. The van der Waals surface area contributed by atoms with Crippen molar-refractivity contribution in [3.05, 3.63) is 46.2 Å². The van der Waals surface area contributed by atoms with Gasteiger partial charge in [0.25, 0.3) is 5.91 Å². The molecule has 7 N–H and O–H groups in total. The molecule has 4 aliphatic rings. The van der Waals surface area contributed by atoms with E-state index in [1.807, 2.05) is 0 Å². The Morgan fingerprint density at radius 2 is 1.85 bits per heavy atom. The first-order valence-electron chi connectivity index (χ1n) is 10.9. The van der Waals surface area contributed by atoms with E-state index in [4.69, 9.17) is 5.73 Å². The highest BCUT2D eigenvalue weighted by Gasteiger charge is 2.64. The van der Waals surface area contributed by atoms with E-state index in [1.165, 1.54) is 6.07 Å². The van der Waals surface area contributed by atoms with Crippen molar-refractivity contribution in [3.63, 3.8) is 0 Å². The van der Waals surface area contributed by atoms with E-state index in [-0.39, 0.29) is 23.3 Å². The lowest BCUT2D eigenvalue weighted by molar-refractivity contribution is -0.155. The van der Waals surface area contributed by atoms with E-state index in [1.54, 1.807) is 17.0 Å². The molecule has 1 saturated carbocycles. The summed E-state index contributed by atoms with van der Waals surface area (Å²) in [6, 6.07) is 3.71. The Morgan fingerprint density at radius 1 is 1.15 bits per heavy atom. The minimum Gasteiger partial charge on any atom is -0.508 e. The van der Waals surface area contributed by atoms with Crippen molar-refractivity contribution >= 4 is 23.2 Å². The maximum absolute atomic E-state index is 13.7. The second-order valence-corrected chi connectivity index (χ2v) is 9.10. The second-order valence-electron chi connectivity index (χ2n) is 9.10. The topological polar surface area (TPSA) is 173 Å². The van der Waals surface area contributed by atoms with Crippen molar-refractivity contribution in [1.82, 2.24) is 10.2 Å². The molecule has 5 rings (SSSR count). The minimum atomic E-state index is -2.60. The van der Waals surface area contributed by atoms with E-state index < -0.39 is 58.0 Å². The number of Topliss-reactive ketones (excluding diaryl/α,β-unsaturated/α-hetero) is 2. The van der Waals surface area contributed by atoms with Gasteiger partial charge in [-0.1, -0.05) is 12.1 Å². The van der Waals surface area contributed by atoms with Crippen LogP contribution in [-0.2, 0) is 20.8 Å². The molecule has 3 aliphatic carbocycles. The molecule has 2 unspecified atom stereocenters. The first kappa shape index (κ1) is 21.6. The number of nitrogens with one attached hydrogen (secondary N) is 1. The first-order chi connectivity index (χ1) is 15.7. The summed E-state index contributed by atoms with van der Waals surface area (Å²) in [6.07, 6.45) is 0.407. The molecule has 1 saturated heterocycles. The zero-order chi connectivity index (χ0) is 23.7. The number of benzene rings is 1. The van der Waals surface area contributed by atoms with Gasteiger partial charge < -0.3 is 31.5 Å². The van der Waals surface area contributed by atoms with Gasteiger partial charge in [0.15, 0.2) is 11.4 Å². The predicted molar refractivity (Wildman–Crippen MR) is 115 cm³/mol. The fourth-order valence-electron chi connectivity index (χ4n) is 5.97. The number of aliphatic hydroxyl groups is 3. The van der Waals surface area contributed by atoms with Crippen LogP contribution in [0.15, 0.2) is 35.1 Å². The third kappa shape index (κ3) is 2.87. The number of hydrogen-bond donors (Lipinski definition) is 6. The monoisotopic (exact) mass is 455 g/mol. The largest absolute Gasteiger partial charge is 0.508 e. The summed E-state index contributed by atoms with van der Waals surface area (Å²) in [5.41, 5.74) is 2.60. The molecule has 1 amide bonds. The summed E-state index contributed by atoms with van der Waals surface area (Å²) >= 11 is 0. The number of piperazine rings is 1. The van der Waals surface area contributed by atoms with Crippen LogP contribution in [0.3, 0.4) is 0 Å². The van der Waals surface area contributed by atoms with Crippen molar-refractivity contribution < 1.29 is 34.8 Å². The highest BCUT2D eigenvalue weighted by atomic mass is 16.3. The van der Waals surface area contributed by atoms with Crippen LogP contribution in [0.5, 0.6) is 5.75 Å². The van der Waals surface area contributed by atoms with Gasteiger partial charge in [-0.05, 0) is 30.4 Å². The molecule has 1 aromatic carbocycles. The average Bonchev–Trinajstić information content (AvgIpc) is 2.77. The third-order valence-corrected chi connectivity index (χ3v) is 7.45. The molecule has 0 bridgehead atoms. The van der Waals surface area contributed by atoms with Crippen molar-refractivity contribution in [2.75, 3.05) is 26.2 Å². The van der Waals surface area contributed by atoms with Crippen molar-refractivity contribution in [1.29, 1.82) is 0 Å². The number of hydrogen-bond acceptors (Lipinski definition) is 9. The highest BCUT2D eigenvalue weighted by Crippen LogP contribution is 2.52. The number of aromatic hydroxyl groups is 1. The van der Waals surface area contributed by atoms with E-state index >= 15 is 0 Å². The van der Waals surface area contributed by atoms with E-state index in [0.717, 1.165) is 0 Å². The minimum absolute atomic E-state index is 0.100. The zero-order valence-electron chi connectivity index (χ0n) is 17.7.